The summed E-state index contributed by atoms with van der Waals surface area (Å²) >= 11 is 17.9. The first kappa shape index (κ1) is 14.0. The third-order valence-electron chi connectivity index (χ3n) is 2.15. The van der Waals surface area contributed by atoms with E-state index in [9.17, 15) is 4.39 Å². The third-order valence-corrected chi connectivity index (χ3v) is 7.09. The molecule has 0 aliphatic carbocycles. The molecule has 1 aromatic carbocycles. The van der Waals surface area contributed by atoms with Gasteiger partial charge >= 0.3 is 0 Å². The molecule has 0 saturated carbocycles. The van der Waals surface area contributed by atoms with Crippen molar-refractivity contribution in [3.63, 3.8) is 0 Å². The summed E-state index contributed by atoms with van der Waals surface area (Å²) in [4.78, 5) is 1.12. The molecule has 1 aromatic heterocycles. The van der Waals surface area contributed by atoms with Crippen LogP contribution in [-0.2, 0) is 0 Å². The van der Waals surface area contributed by atoms with Gasteiger partial charge in [0.2, 0.25) is 0 Å². The zero-order valence-corrected chi connectivity index (χ0v) is 14.5. The Labute approximate surface area is 133 Å². The van der Waals surface area contributed by atoms with E-state index in [1.54, 1.807) is 23.5 Å². The molecular formula is C11H5Br3ClFS. The maximum Gasteiger partial charge on any atom is 0.141 e. The van der Waals surface area contributed by atoms with Crippen LogP contribution in [0, 0.1) is 5.82 Å². The minimum Gasteiger partial charge on any atom is -0.205 e. The lowest BCUT2D eigenvalue weighted by atomic mass is 10.1. The number of hydrogen-bond acceptors (Lipinski definition) is 1. The fourth-order valence-electron chi connectivity index (χ4n) is 1.32. The Morgan fingerprint density at radius 2 is 1.94 bits per heavy atom. The molecule has 2 aromatic rings. The molecular weight excluding hydrogens is 458 g/mol. The van der Waals surface area contributed by atoms with E-state index >= 15 is 0 Å². The van der Waals surface area contributed by atoms with Crippen LogP contribution in [0.4, 0.5) is 4.39 Å². The number of hydrogen-bond donors (Lipinski definition) is 0. The van der Waals surface area contributed by atoms with Crippen LogP contribution in [0.2, 0.25) is 5.02 Å². The summed E-state index contributed by atoms with van der Waals surface area (Å²) in [6.07, 6.45) is 0. The van der Waals surface area contributed by atoms with E-state index < -0.39 is 5.82 Å². The summed E-state index contributed by atoms with van der Waals surface area (Å²) in [5.41, 5.74) is 0.928. The van der Waals surface area contributed by atoms with E-state index in [0.29, 0.717) is 0 Å². The molecule has 0 aliphatic heterocycles. The number of thiophene rings is 1. The molecule has 90 valence electrons. The Kier molecular flexibility index (Phi) is 4.69. The molecule has 0 spiro atoms. The number of benzene rings is 1. The first-order valence-corrected chi connectivity index (χ1v) is 8.22. The van der Waals surface area contributed by atoms with Crippen molar-refractivity contribution < 1.29 is 4.39 Å². The van der Waals surface area contributed by atoms with Gasteiger partial charge in [-0.15, -0.1) is 11.3 Å². The van der Waals surface area contributed by atoms with Crippen LogP contribution in [0.25, 0.3) is 0 Å². The van der Waals surface area contributed by atoms with Crippen LogP contribution >= 0.6 is 70.7 Å². The summed E-state index contributed by atoms with van der Waals surface area (Å²) in [6, 6.07) is 6.76. The van der Waals surface area contributed by atoms with Crippen molar-refractivity contribution in [2.75, 3.05) is 0 Å². The Balaban J connectivity index is 2.36. The highest BCUT2D eigenvalue weighted by Gasteiger charge is 2.16. The summed E-state index contributed by atoms with van der Waals surface area (Å²) in [7, 11) is 0. The van der Waals surface area contributed by atoms with Crippen molar-refractivity contribution in [1.29, 1.82) is 0 Å². The van der Waals surface area contributed by atoms with Gasteiger partial charge in [-0.1, -0.05) is 33.6 Å². The van der Waals surface area contributed by atoms with Crippen LogP contribution in [0.15, 0.2) is 32.5 Å². The van der Waals surface area contributed by atoms with Gasteiger partial charge in [-0.05, 0) is 55.6 Å². The molecule has 0 fully saturated rings. The molecule has 0 aliphatic rings. The Morgan fingerprint density at radius 1 is 1.24 bits per heavy atom. The lowest BCUT2D eigenvalue weighted by molar-refractivity contribution is 0.627. The standard InChI is InChI=1S/C11H5Br3ClFS/c12-6-4-9(17-11(6)14)10(13)5-1-2-8(16)7(15)3-5/h1-4,10H. The summed E-state index contributed by atoms with van der Waals surface area (Å²) < 4.78 is 15.1. The summed E-state index contributed by atoms with van der Waals surface area (Å²) in [5, 5.41) is 0.140. The maximum atomic E-state index is 13.1. The molecule has 0 nitrogen and oxygen atoms in total. The van der Waals surface area contributed by atoms with E-state index in [4.69, 9.17) is 11.6 Å². The fourth-order valence-corrected chi connectivity index (χ4v) is 4.30. The van der Waals surface area contributed by atoms with Crippen LogP contribution in [0.3, 0.4) is 0 Å². The van der Waals surface area contributed by atoms with Crippen LogP contribution in [-0.4, -0.2) is 0 Å². The highest BCUT2D eigenvalue weighted by Crippen LogP contribution is 2.41. The molecule has 6 heteroatoms. The second kappa shape index (κ2) is 5.70. The van der Waals surface area contributed by atoms with Crippen molar-refractivity contribution in [1.82, 2.24) is 0 Å². The van der Waals surface area contributed by atoms with Gasteiger partial charge in [0, 0.05) is 9.35 Å². The molecule has 1 atom stereocenters. The van der Waals surface area contributed by atoms with E-state index in [1.807, 2.05) is 6.07 Å². The lowest BCUT2D eigenvalue weighted by Gasteiger charge is -2.08. The largest absolute Gasteiger partial charge is 0.205 e. The minimum absolute atomic E-state index is 0.00759. The van der Waals surface area contributed by atoms with E-state index in [-0.39, 0.29) is 9.85 Å². The highest BCUT2D eigenvalue weighted by molar-refractivity contribution is 9.13. The van der Waals surface area contributed by atoms with Gasteiger partial charge in [-0.3, -0.25) is 0 Å². The predicted octanol–water partition coefficient (Wildman–Crippen LogP) is 6.55. The molecule has 0 bridgehead atoms. The molecule has 1 unspecified atom stereocenters. The Hall–Kier alpha value is 0.580. The van der Waals surface area contributed by atoms with Crippen molar-refractivity contribution in [2.24, 2.45) is 0 Å². The third kappa shape index (κ3) is 3.13. The second-order valence-electron chi connectivity index (χ2n) is 3.31. The molecule has 0 radical (unpaired) electrons. The van der Waals surface area contributed by atoms with Crippen LogP contribution < -0.4 is 0 Å². The van der Waals surface area contributed by atoms with E-state index in [0.717, 1.165) is 18.7 Å². The van der Waals surface area contributed by atoms with Gasteiger partial charge in [0.05, 0.1) is 13.6 Å². The van der Waals surface area contributed by atoms with Crippen molar-refractivity contribution in [3.05, 3.63) is 53.8 Å². The number of alkyl halides is 1. The van der Waals surface area contributed by atoms with E-state index in [1.165, 1.54) is 6.07 Å². The zero-order valence-electron chi connectivity index (χ0n) is 8.18. The highest BCUT2D eigenvalue weighted by atomic mass is 79.9. The van der Waals surface area contributed by atoms with Gasteiger partial charge in [-0.2, -0.15) is 0 Å². The average Bonchev–Trinajstić information content (AvgIpc) is 2.62. The predicted molar refractivity (Wildman–Crippen MR) is 81.9 cm³/mol. The van der Waals surface area contributed by atoms with Gasteiger partial charge < -0.3 is 0 Å². The second-order valence-corrected chi connectivity index (χ2v) is 7.89. The maximum absolute atomic E-state index is 13.1. The number of halogens is 5. The van der Waals surface area contributed by atoms with Crippen molar-refractivity contribution in [2.45, 2.75) is 4.83 Å². The quantitative estimate of drug-likeness (QED) is 0.443. The van der Waals surface area contributed by atoms with Crippen molar-refractivity contribution >= 4 is 70.7 Å². The minimum atomic E-state index is -0.399. The Morgan fingerprint density at radius 3 is 2.47 bits per heavy atom. The summed E-state index contributed by atoms with van der Waals surface area (Å²) in [5.74, 6) is -0.399. The first-order valence-electron chi connectivity index (χ1n) is 4.53. The smallest absolute Gasteiger partial charge is 0.141 e. The van der Waals surface area contributed by atoms with Crippen LogP contribution in [0.1, 0.15) is 15.3 Å². The molecule has 0 saturated heterocycles. The molecule has 2 rings (SSSR count). The molecule has 0 amide bonds. The molecule has 1 heterocycles. The van der Waals surface area contributed by atoms with Gasteiger partial charge in [-0.25, -0.2) is 4.39 Å². The van der Waals surface area contributed by atoms with Gasteiger partial charge in [0.15, 0.2) is 0 Å². The topological polar surface area (TPSA) is 0 Å². The zero-order chi connectivity index (χ0) is 12.6. The van der Waals surface area contributed by atoms with E-state index in [2.05, 4.69) is 47.8 Å². The normalized spacial score (nSPS) is 12.8. The lowest BCUT2D eigenvalue weighted by Crippen LogP contribution is -1.90. The van der Waals surface area contributed by atoms with Crippen LogP contribution in [0.5, 0.6) is 0 Å². The SMILES string of the molecule is Fc1ccc(C(Br)c2cc(Br)c(Br)s2)cc1Cl. The Bertz CT molecular complexity index is 536. The fraction of sp³-hybridized carbons (Fsp3) is 0.0909. The number of rotatable bonds is 2. The molecule has 17 heavy (non-hydrogen) atoms. The average molecular weight is 463 g/mol. The first-order chi connectivity index (χ1) is 7.99. The summed E-state index contributed by atoms with van der Waals surface area (Å²) in [6.45, 7) is 0. The van der Waals surface area contributed by atoms with Gasteiger partial charge in [0.25, 0.3) is 0 Å². The van der Waals surface area contributed by atoms with Crippen molar-refractivity contribution in [3.8, 4) is 0 Å². The monoisotopic (exact) mass is 460 g/mol. The molecule has 0 N–H and O–H groups in total. The van der Waals surface area contributed by atoms with Gasteiger partial charge in [0.1, 0.15) is 5.82 Å².